The van der Waals surface area contributed by atoms with Crippen LogP contribution >= 0.6 is 0 Å². The van der Waals surface area contributed by atoms with E-state index in [1.807, 2.05) is 27.7 Å². The number of esters is 1. The third-order valence-electron chi connectivity index (χ3n) is 8.93. The Labute approximate surface area is 251 Å². The number of morpholine rings is 1. The second-order valence-corrected chi connectivity index (χ2v) is 11.9. The summed E-state index contributed by atoms with van der Waals surface area (Å²) in [6.07, 6.45) is 1.27. The fourth-order valence-electron chi connectivity index (χ4n) is 6.20. The molecule has 2 aliphatic rings. The van der Waals surface area contributed by atoms with Gasteiger partial charge in [-0.3, -0.25) is 14.4 Å². The van der Waals surface area contributed by atoms with Gasteiger partial charge in [0, 0.05) is 40.9 Å². The minimum Gasteiger partial charge on any atom is -0.469 e. The molecule has 12 nitrogen and oxygen atoms in total. The Kier molecular flexibility index (Phi) is 14.5. The number of likely N-dealkylation sites (tertiary alicyclic amines) is 1. The highest BCUT2D eigenvalue weighted by Crippen LogP contribution is 2.29. The van der Waals surface area contributed by atoms with Gasteiger partial charge < -0.3 is 39.0 Å². The van der Waals surface area contributed by atoms with E-state index in [0.717, 1.165) is 19.3 Å². The lowest BCUT2D eigenvalue weighted by Crippen LogP contribution is -2.59. The van der Waals surface area contributed by atoms with E-state index < -0.39 is 30.2 Å². The summed E-state index contributed by atoms with van der Waals surface area (Å²) in [5.41, 5.74) is 0. The van der Waals surface area contributed by atoms with Crippen LogP contribution in [0.4, 0.5) is 4.79 Å². The predicted molar refractivity (Wildman–Crippen MR) is 158 cm³/mol. The van der Waals surface area contributed by atoms with Crippen molar-refractivity contribution in [1.29, 1.82) is 0 Å². The van der Waals surface area contributed by atoms with Crippen LogP contribution in [0, 0.1) is 17.8 Å². The minimum absolute atomic E-state index is 0.0138. The summed E-state index contributed by atoms with van der Waals surface area (Å²) in [6.45, 7) is 12.1. The summed E-state index contributed by atoms with van der Waals surface area (Å²) in [5.74, 6) is -1.39. The van der Waals surface area contributed by atoms with Gasteiger partial charge in [0.1, 0.15) is 6.04 Å². The highest BCUT2D eigenvalue weighted by Gasteiger charge is 2.43. The Balaban J connectivity index is 2.24. The smallest absolute Gasteiger partial charge is 0.318 e. The van der Waals surface area contributed by atoms with E-state index in [1.54, 1.807) is 42.9 Å². The van der Waals surface area contributed by atoms with Crippen LogP contribution in [0.3, 0.4) is 0 Å². The van der Waals surface area contributed by atoms with Gasteiger partial charge in [-0.25, -0.2) is 4.79 Å². The van der Waals surface area contributed by atoms with Crippen molar-refractivity contribution in [3.05, 3.63) is 0 Å². The van der Waals surface area contributed by atoms with Gasteiger partial charge in [0.2, 0.25) is 11.8 Å². The Morgan fingerprint density at radius 2 is 1.64 bits per heavy atom. The number of hydrogen-bond acceptors (Lipinski definition) is 8. The van der Waals surface area contributed by atoms with Crippen molar-refractivity contribution in [2.75, 3.05) is 61.2 Å². The molecule has 0 aromatic heterocycles. The van der Waals surface area contributed by atoms with E-state index >= 15 is 0 Å². The maximum Gasteiger partial charge on any atom is 0.318 e. The van der Waals surface area contributed by atoms with Gasteiger partial charge in [-0.15, -0.1) is 0 Å². The van der Waals surface area contributed by atoms with Gasteiger partial charge in [0.25, 0.3) is 0 Å². The molecule has 2 heterocycles. The van der Waals surface area contributed by atoms with Crippen LogP contribution in [0.1, 0.15) is 60.3 Å². The Hall–Kier alpha value is -2.44. The first-order valence-corrected chi connectivity index (χ1v) is 15.3. The average molecular weight is 599 g/mol. The normalized spacial score (nSPS) is 21.7. The molecule has 42 heavy (non-hydrogen) atoms. The van der Waals surface area contributed by atoms with Crippen molar-refractivity contribution in [3.8, 4) is 0 Å². The molecule has 0 spiro atoms. The number of ether oxygens (including phenoxy) is 4. The lowest BCUT2D eigenvalue weighted by Gasteiger charge is -2.41. The number of nitrogens with one attached hydrogen (secondary N) is 1. The molecular formula is C30H54N4O8. The predicted octanol–water partition coefficient (Wildman–Crippen LogP) is 2.15. The SMILES string of the molecule is CC[C@H](C)[C@@H]([C@@H](CC(=O)N1CCC[C@H]1C(OC)C(C)C(=O)OC)OC)N(C)C(=O)[C@@H](NC(=O)N1CCOCC1)C(C)C. The molecule has 0 aromatic rings. The minimum atomic E-state index is -0.740. The molecule has 2 aliphatic heterocycles. The van der Waals surface area contributed by atoms with Gasteiger partial charge in [0.15, 0.2) is 0 Å². The largest absolute Gasteiger partial charge is 0.469 e. The van der Waals surface area contributed by atoms with E-state index in [4.69, 9.17) is 18.9 Å². The number of likely N-dealkylation sites (N-methyl/N-ethyl adjacent to an activating group) is 1. The van der Waals surface area contributed by atoms with E-state index in [-0.39, 0.29) is 48.1 Å². The molecule has 0 aliphatic carbocycles. The molecule has 2 saturated heterocycles. The first-order valence-electron chi connectivity index (χ1n) is 15.3. The van der Waals surface area contributed by atoms with Gasteiger partial charge >= 0.3 is 12.0 Å². The number of hydrogen-bond donors (Lipinski definition) is 1. The van der Waals surface area contributed by atoms with E-state index in [1.165, 1.54) is 7.11 Å². The first kappa shape index (κ1) is 35.8. The van der Waals surface area contributed by atoms with Crippen LogP contribution in [0.2, 0.25) is 0 Å². The standard InChI is InChI=1S/C30H54N4O8/c1-10-20(4)26(32(6)28(36)25(19(2)3)31-30(38)33-14-16-42-17-15-33)23(39-7)18-24(35)34-13-11-12-22(34)27(40-8)21(5)29(37)41-9/h19-23,25-27H,10-18H2,1-9H3,(H,31,38)/t20-,21?,22-,23+,25-,26-,27?/m0/s1. The van der Waals surface area contributed by atoms with E-state index in [2.05, 4.69) is 5.32 Å². The molecule has 0 bridgehead atoms. The third kappa shape index (κ3) is 8.79. The second-order valence-electron chi connectivity index (χ2n) is 11.9. The van der Waals surface area contributed by atoms with Crippen molar-refractivity contribution in [2.45, 2.75) is 90.6 Å². The van der Waals surface area contributed by atoms with E-state index in [0.29, 0.717) is 32.8 Å². The third-order valence-corrected chi connectivity index (χ3v) is 8.93. The molecule has 2 unspecified atom stereocenters. The van der Waals surface area contributed by atoms with Gasteiger partial charge in [0.05, 0.1) is 57.0 Å². The zero-order chi connectivity index (χ0) is 31.6. The fraction of sp³-hybridized carbons (Fsp3) is 0.867. The van der Waals surface area contributed by atoms with Gasteiger partial charge in [-0.2, -0.15) is 0 Å². The topological polar surface area (TPSA) is 127 Å². The van der Waals surface area contributed by atoms with Crippen molar-refractivity contribution in [2.24, 2.45) is 17.8 Å². The molecule has 7 atom stereocenters. The van der Waals surface area contributed by atoms with Crippen LogP contribution in [0.15, 0.2) is 0 Å². The van der Waals surface area contributed by atoms with Crippen LogP contribution in [0.5, 0.6) is 0 Å². The van der Waals surface area contributed by atoms with Gasteiger partial charge in [-0.05, 0) is 31.6 Å². The molecule has 2 fully saturated rings. The highest BCUT2D eigenvalue weighted by atomic mass is 16.5. The summed E-state index contributed by atoms with van der Waals surface area (Å²) >= 11 is 0. The number of urea groups is 1. The summed E-state index contributed by atoms with van der Waals surface area (Å²) in [4.78, 5) is 58.1. The number of rotatable bonds is 14. The highest BCUT2D eigenvalue weighted by molar-refractivity contribution is 5.87. The number of carbonyl (C=O) groups is 4. The van der Waals surface area contributed by atoms with Crippen LogP contribution < -0.4 is 5.32 Å². The van der Waals surface area contributed by atoms with E-state index in [9.17, 15) is 19.2 Å². The average Bonchev–Trinajstić information content (AvgIpc) is 3.48. The zero-order valence-electron chi connectivity index (χ0n) is 27.1. The second kappa shape index (κ2) is 17.0. The molecular weight excluding hydrogens is 544 g/mol. The maximum absolute atomic E-state index is 13.9. The van der Waals surface area contributed by atoms with Crippen molar-refractivity contribution in [3.63, 3.8) is 0 Å². The van der Waals surface area contributed by atoms with Crippen molar-refractivity contribution < 1.29 is 38.1 Å². The number of methoxy groups -OCH3 is 3. The molecule has 242 valence electrons. The molecule has 0 radical (unpaired) electrons. The molecule has 2 rings (SSSR count). The quantitative estimate of drug-likeness (QED) is 0.302. The van der Waals surface area contributed by atoms with Crippen LogP contribution in [-0.4, -0.2) is 130 Å². The summed E-state index contributed by atoms with van der Waals surface area (Å²) in [5, 5.41) is 2.94. The zero-order valence-corrected chi connectivity index (χ0v) is 27.1. The summed E-state index contributed by atoms with van der Waals surface area (Å²) < 4.78 is 21.9. The fourth-order valence-corrected chi connectivity index (χ4v) is 6.20. The molecule has 4 amide bonds. The summed E-state index contributed by atoms with van der Waals surface area (Å²) in [6, 6.07) is -1.70. The monoisotopic (exact) mass is 598 g/mol. The lowest BCUT2D eigenvalue weighted by molar-refractivity contribution is -0.154. The molecule has 0 aromatic carbocycles. The summed E-state index contributed by atoms with van der Waals surface area (Å²) in [7, 11) is 6.18. The molecule has 0 saturated carbocycles. The van der Waals surface area contributed by atoms with Crippen LogP contribution in [-0.2, 0) is 33.3 Å². The number of amides is 4. The number of nitrogens with zero attached hydrogens (tertiary/aromatic N) is 3. The lowest BCUT2D eigenvalue weighted by atomic mass is 9.89. The van der Waals surface area contributed by atoms with Crippen molar-refractivity contribution >= 4 is 23.8 Å². The van der Waals surface area contributed by atoms with Crippen LogP contribution in [0.25, 0.3) is 0 Å². The molecule has 12 heteroatoms. The number of carbonyl (C=O) groups excluding carboxylic acids is 4. The van der Waals surface area contributed by atoms with Crippen molar-refractivity contribution in [1.82, 2.24) is 20.0 Å². The van der Waals surface area contributed by atoms with Gasteiger partial charge in [-0.1, -0.05) is 34.1 Å². The Morgan fingerprint density at radius 1 is 1.00 bits per heavy atom. The maximum atomic E-state index is 13.9. The Morgan fingerprint density at radius 3 is 2.17 bits per heavy atom. The first-order chi connectivity index (χ1) is 19.9. The Bertz CT molecular complexity index is 897. The molecule has 1 N–H and O–H groups in total.